The molecule has 0 aromatic heterocycles. The van der Waals surface area contributed by atoms with Crippen LogP contribution in [0.2, 0.25) is 0 Å². The number of hydrogen-bond acceptors (Lipinski definition) is 6. The number of carboxylic acid groups (broad SMARTS) is 1. The van der Waals surface area contributed by atoms with Gasteiger partial charge >= 0.3 is 11.9 Å². The van der Waals surface area contributed by atoms with Crippen molar-refractivity contribution >= 4 is 22.0 Å². The molecule has 0 amide bonds. The Bertz CT molecular complexity index is 1200. The Kier molecular flexibility index (Phi) is 8.46. The van der Waals surface area contributed by atoms with E-state index >= 15 is 0 Å². The number of carbonyl (C=O) groups excluding carboxylic acids is 1. The number of esters is 1. The highest BCUT2D eigenvalue weighted by Gasteiger charge is 2.46. The highest BCUT2D eigenvalue weighted by molar-refractivity contribution is 7.88. The minimum Gasteiger partial charge on any atom is -0.492 e. The first-order valence-corrected chi connectivity index (χ1v) is 13.9. The average molecular weight is 518 g/mol. The van der Waals surface area contributed by atoms with Gasteiger partial charge in [-0.1, -0.05) is 42.5 Å². The Morgan fingerprint density at radius 2 is 1.86 bits per heavy atom. The Morgan fingerprint density at radius 3 is 2.53 bits per heavy atom. The third-order valence-corrected chi connectivity index (χ3v) is 6.86. The Hall–Kier alpha value is -2.91. The number of para-hydroxylation sites is 1. The van der Waals surface area contributed by atoms with Gasteiger partial charge in [0.25, 0.3) is 0 Å². The SMILES string of the molecule is CC(C)(C)OC(=O)CCOc1ccccc1-c1cccc(C[C@]2(C(=O)O)CC[C@H](NS(C)(=O)=O)C2)c1. The second kappa shape index (κ2) is 11.0. The smallest absolute Gasteiger partial charge is 0.310 e. The van der Waals surface area contributed by atoms with Crippen LogP contribution in [0.5, 0.6) is 5.75 Å². The van der Waals surface area contributed by atoms with E-state index in [4.69, 9.17) is 9.47 Å². The van der Waals surface area contributed by atoms with Gasteiger partial charge in [-0.2, -0.15) is 0 Å². The largest absolute Gasteiger partial charge is 0.492 e. The average Bonchev–Trinajstić information content (AvgIpc) is 3.15. The second-order valence-corrected chi connectivity index (χ2v) is 12.3. The Labute approximate surface area is 213 Å². The molecule has 2 atom stereocenters. The van der Waals surface area contributed by atoms with Crippen molar-refractivity contribution in [2.45, 2.75) is 64.5 Å². The first-order valence-electron chi connectivity index (χ1n) is 12.0. The van der Waals surface area contributed by atoms with Crippen molar-refractivity contribution < 1.29 is 32.6 Å². The molecule has 0 spiro atoms. The molecular weight excluding hydrogens is 482 g/mol. The Morgan fingerprint density at radius 1 is 1.14 bits per heavy atom. The molecule has 0 radical (unpaired) electrons. The molecule has 9 heteroatoms. The van der Waals surface area contributed by atoms with Crippen LogP contribution in [0.4, 0.5) is 0 Å². The second-order valence-electron chi connectivity index (χ2n) is 10.5. The molecular formula is C27H35NO7S. The molecule has 0 saturated heterocycles. The van der Waals surface area contributed by atoms with E-state index in [2.05, 4.69) is 4.72 Å². The van der Waals surface area contributed by atoms with Crippen molar-refractivity contribution in [2.24, 2.45) is 5.41 Å². The number of aliphatic carboxylic acids is 1. The van der Waals surface area contributed by atoms with Gasteiger partial charge in [0.15, 0.2) is 0 Å². The Balaban J connectivity index is 1.75. The summed E-state index contributed by atoms with van der Waals surface area (Å²) in [4.78, 5) is 24.3. The predicted molar refractivity (Wildman–Crippen MR) is 137 cm³/mol. The predicted octanol–water partition coefficient (Wildman–Crippen LogP) is 4.18. The fourth-order valence-corrected chi connectivity index (χ4v) is 5.47. The first kappa shape index (κ1) is 27.7. The van der Waals surface area contributed by atoms with Crippen LogP contribution in [0.25, 0.3) is 11.1 Å². The molecule has 0 heterocycles. The molecule has 0 bridgehead atoms. The summed E-state index contributed by atoms with van der Waals surface area (Å²) in [6.07, 6.45) is 2.61. The number of ether oxygens (including phenoxy) is 2. The lowest BCUT2D eigenvalue weighted by atomic mass is 9.79. The summed E-state index contributed by atoms with van der Waals surface area (Å²) in [7, 11) is -3.41. The quantitative estimate of drug-likeness (QED) is 0.454. The van der Waals surface area contributed by atoms with Crippen LogP contribution in [0, 0.1) is 5.41 Å². The molecule has 1 aliphatic rings. The van der Waals surface area contributed by atoms with Gasteiger partial charge < -0.3 is 14.6 Å². The van der Waals surface area contributed by atoms with Gasteiger partial charge in [-0.3, -0.25) is 9.59 Å². The molecule has 36 heavy (non-hydrogen) atoms. The van der Waals surface area contributed by atoms with Crippen LogP contribution in [0.3, 0.4) is 0 Å². The summed E-state index contributed by atoms with van der Waals surface area (Å²) in [5.41, 5.74) is 0.951. The molecule has 1 aliphatic carbocycles. The van der Waals surface area contributed by atoms with Crippen LogP contribution in [-0.4, -0.2) is 50.0 Å². The van der Waals surface area contributed by atoms with Crippen molar-refractivity contribution in [3.8, 4) is 16.9 Å². The van der Waals surface area contributed by atoms with Gasteiger partial charge in [-0.15, -0.1) is 0 Å². The van der Waals surface area contributed by atoms with E-state index in [0.29, 0.717) is 25.0 Å². The minimum atomic E-state index is -3.41. The molecule has 0 aliphatic heterocycles. The molecule has 2 aromatic carbocycles. The van der Waals surface area contributed by atoms with Gasteiger partial charge in [0.2, 0.25) is 10.0 Å². The fourth-order valence-electron chi connectivity index (χ4n) is 4.67. The maximum atomic E-state index is 12.3. The third-order valence-electron chi connectivity index (χ3n) is 6.09. The fraction of sp³-hybridized carbons (Fsp3) is 0.481. The van der Waals surface area contributed by atoms with Crippen molar-refractivity contribution in [3.63, 3.8) is 0 Å². The molecule has 8 nitrogen and oxygen atoms in total. The standard InChI is InChI=1S/C27H35NO7S/c1-26(2,3)35-24(29)13-15-34-23-11-6-5-10-22(23)20-9-7-8-19(16-20)17-27(25(30)31)14-12-21(18-27)28-36(4,32)33/h5-11,16,21,28H,12-15,17-18H2,1-4H3,(H,30,31)/t21-,27+/m0/s1. The van der Waals surface area contributed by atoms with Crippen molar-refractivity contribution in [3.05, 3.63) is 54.1 Å². The highest BCUT2D eigenvalue weighted by Crippen LogP contribution is 2.42. The van der Waals surface area contributed by atoms with Crippen LogP contribution >= 0.6 is 0 Å². The molecule has 3 rings (SSSR count). The first-order chi connectivity index (χ1) is 16.8. The van der Waals surface area contributed by atoms with Crippen LogP contribution in [0.1, 0.15) is 52.0 Å². The lowest BCUT2D eigenvalue weighted by Gasteiger charge is -2.25. The minimum absolute atomic E-state index is 0.120. The molecule has 1 fully saturated rings. The summed E-state index contributed by atoms with van der Waals surface area (Å²) >= 11 is 0. The number of carboxylic acids is 1. The lowest BCUT2D eigenvalue weighted by Crippen LogP contribution is -2.36. The normalized spacial score (nSPS) is 20.2. The summed E-state index contributed by atoms with van der Waals surface area (Å²) in [6, 6.07) is 14.7. The van der Waals surface area contributed by atoms with Gasteiger partial charge in [0.1, 0.15) is 11.4 Å². The van der Waals surface area contributed by atoms with Crippen molar-refractivity contribution in [1.82, 2.24) is 4.72 Å². The molecule has 1 saturated carbocycles. The van der Waals surface area contributed by atoms with Gasteiger partial charge in [-0.25, -0.2) is 13.1 Å². The highest BCUT2D eigenvalue weighted by atomic mass is 32.2. The number of rotatable bonds is 10. The number of carbonyl (C=O) groups is 2. The molecule has 2 N–H and O–H groups in total. The van der Waals surface area contributed by atoms with E-state index in [1.165, 1.54) is 0 Å². The molecule has 0 unspecified atom stereocenters. The summed E-state index contributed by atoms with van der Waals surface area (Å²) in [6.45, 7) is 5.62. The van der Waals surface area contributed by atoms with Crippen LogP contribution in [0.15, 0.2) is 48.5 Å². The number of sulfonamides is 1. The zero-order chi connectivity index (χ0) is 26.6. The number of hydrogen-bond donors (Lipinski definition) is 2. The lowest BCUT2D eigenvalue weighted by molar-refractivity contribution is -0.155. The van der Waals surface area contributed by atoms with E-state index in [1.54, 1.807) is 0 Å². The number of benzene rings is 2. The van der Waals surface area contributed by atoms with Crippen LogP contribution < -0.4 is 9.46 Å². The van der Waals surface area contributed by atoms with E-state index in [1.807, 2.05) is 69.3 Å². The van der Waals surface area contributed by atoms with Crippen LogP contribution in [-0.2, 0) is 30.8 Å². The van der Waals surface area contributed by atoms with Gasteiger partial charge in [0, 0.05) is 11.6 Å². The summed E-state index contributed by atoms with van der Waals surface area (Å²) in [5.74, 6) is -0.637. The van der Waals surface area contributed by atoms with E-state index in [-0.39, 0.29) is 25.4 Å². The van der Waals surface area contributed by atoms with E-state index < -0.39 is 33.1 Å². The topological polar surface area (TPSA) is 119 Å². The van der Waals surface area contributed by atoms with E-state index in [9.17, 15) is 23.1 Å². The zero-order valence-corrected chi connectivity index (χ0v) is 22.1. The maximum absolute atomic E-state index is 12.3. The summed E-state index contributed by atoms with van der Waals surface area (Å²) in [5, 5.41) is 10.0. The van der Waals surface area contributed by atoms with Gasteiger partial charge in [-0.05, 0) is 63.6 Å². The number of nitrogens with one attached hydrogen (secondary N) is 1. The molecule has 196 valence electrons. The van der Waals surface area contributed by atoms with Crippen molar-refractivity contribution in [2.75, 3.05) is 12.9 Å². The summed E-state index contributed by atoms with van der Waals surface area (Å²) < 4.78 is 37.1. The zero-order valence-electron chi connectivity index (χ0n) is 21.2. The maximum Gasteiger partial charge on any atom is 0.310 e. The van der Waals surface area contributed by atoms with E-state index in [0.717, 1.165) is 22.9 Å². The third kappa shape index (κ3) is 7.80. The van der Waals surface area contributed by atoms with Crippen molar-refractivity contribution in [1.29, 1.82) is 0 Å². The van der Waals surface area contributed by atoms with Gasteiger partial charge in [0.05, 0.1) is 24.7 Å². The molecule has 2 aromatic rings. The monoisotopic (exact) mass is 517 g/mol.